The van der Waals surface area contributed by atoms with Gasteiger partial charge in [0.15, 0.2) is 5.13 Å². The number of urea groups is 1. The van der Waals surface area contributed by atoms with Crippen LogP contribution in [0.4, 0.5) is 15.6 Å². The van der Waals surface area contributed by atoms with E-state index in [1.807, 2.05) is 32.9 Å². The fourth-order valence-corrected chi connectivity index (χ4v) is 3.18. The van der Waals surface area contributed by atoms with Gasteiger partial charge < -0.3 is 11.1 Å². The Bertz CT molecular complexity index is 730. The molecule has 0 bridgehead atoms. The molecule has 2 aromatic rings. The number of aromatic nitrogens is 1. The molecule has 6 nitrogen and oxygen atoms in total. The van der Waals surface area contributed by atoms with Crippen LogP contribution in [0.2, 0.25) is 0 Å². The van der Waals surface area contributed by atoms with E-state index >= 15 is 0 Å². The molecule has 0 radical (unpaired) electrons. The highest BCUT2D eigenvalue weighted by molar-refractivity contribution is 7.17. The third-order valence-corrected chi connectivity index (χ3v) is 4.22. The predicted molar refractivity (Wildman–Crippen MR) is 95.4 cm³/mol. The first-order chi connectivity index (χ1) is 10.3. The van der Waals surface area contributed by atoms with E-state index < -0.39 is 6.03 Å². The molecule has 1 aromatic carbocycles. The standard InChI is InChI=1S/C15H18N4O2S.CH4/c1-7-5-8(2)11(9(3)6-7)18-13(20)12-10(4)17-15(22-12)19-14(16)21;/h5-6H,1-4H3,(H,18,20)(H3,16,17,19,21);1H4. The van der Waals surface area contributed by atoms with Crippen LogP contribution in [0.1, 0.15) is 39.5 Å². The van der Waals surface area contributed by atoms with E-state index in [1.165, 1.54) is 0 Å². The van der Waals surface area contributed by atoms with Crippen LogP contribution in [-0.2, 0) is 0 Å². The second kappa shape index (κ2) is 7.23. The quantitative estimate of drug-likeness (QED) is 0.797. The van der Waals surface area contributed by atoms with Crippen molar-refractivity contribution in [2.24, 2.45) is 5.73 Å². The summed E-state index contributed by atoms with van der Waals surface area (Å²) in [6, 6.07) is 3.33. The second-order valence-electron chi connectivity index (χ2n) is 5.15. The topological polar surface area (TPSA) is 97.1 Å². The smallest absolute Gasteiger partial charge is 0.318 e. The lowest BCUT2D eigenvalue weighted by atomic mass is 10.1. The number of nitrogens with one attached hydrogen (secondary N) is 2. The molecule has 2 rings (SSSR count). The molecule has 0 spiro atoms. The van der Waals surface area contributed by atoms with Crippen LogP contribution < -0.4 is 16.4 Å². The summed E-state index contributed by atoms with van der Waals surface area (Å²) in [6.45, 7) is 7.64. The van der Waals surface area contributed by atoms with Crippen molar-refractivity contribution in [1.29, 1.82) is 0 Å². The van der Waals surface area contributed by atoms with Crippen molar-refractivity contribution in [3.63, 3.8) is 0 Å². The zero-order valence-electron chi connectivity index (χ0n) is 12.9. The lowest BCUT2D eigenvalue weighted by Crippen LogP contribution is -2.19. The molecule has 0 aliphatic rings. The van der Waals surface area contributed by atoms with Gasteiger partial charge in [-0.2, -0.15) is 0 Å². The number of anilines is 2. The molecule has 4 N–H and O–H groups in total. The molecule has 0 saturated heterocycles. The Hall–Kier alpha value is -2.41. The van der Waals surface area contributed by atoms with Gasteiger partial charge in [0.2, 0.25) is 0 Å². The van der Waals surface area contributed by atoms with E-state index in [9.17, 15) is 9.59 Å². The maximum Gasteiger partial charge on any atom is 0.318 e. The van der Waals surface area contributed by atoms with Crippen LogP contribution in [0.25, 0.3) is 0 Å². The molecule has 0 unspecified atom stereocenters. The third kappa shape index (κ3) is 4.29. The SMILES string of the molecule is C.Cc1cc(C)c(NC(=O)c2sc(NC(N)=O)nc2C)c(C)c1. The van der Waals surface area contributed by atoms with Crippen LogP contribution in [0.5, 0.6) is 0 Å². The Morgan fingerprint density at radius 1 is 1.09 bits per heavy atom. The van der Waals surface area contributed by atoms with Crippen LogP contribution in [0.3, 0.4) is 0 Å². The Morgan fingerprint density at radius 2 is 1.65 bits per heavy atom. The van der Waals surface area contributed by atoms with Crippen LogP contribution in [-0.4, -0.2) is 16.9 Å². The predicted octanol–water partition coefficient (Wildman–Crippen LogP) is 3.76. The van der Waals surface area contributed by atoms with Crippen molar-refractivity contribution in [2.45, 2.75) is 35.1 Å². The maximum absolute atomic E-state index is 12.4. The molecule has 23 heavy (non-hydrogen) atoms. The number of thiazole rings is 1. The van der Waals surface area contributed by atoms with Gasteiger partial charge in [0.1, 0.15) is 4.88 Å². The zero-order chi connectivity index (χ0) is 16.4. The number of primary amides is 1. The molecule has 0 fully saturated rings. The van der Waals surface area contributed by atoms with Gasteiger partial charge in [-0.05, 0) is 38.8 Å². The maximum atomic E-state index is 12.4. The minimum absolute atomic E-state index is 0. The Morgan fingerprint density at radius 3 is 2.17 bits per heavy atom. The highest BCUT2D eigenvalue weighted by atomic mass is 32.1. The van der Waals surface area contributed by atoms with Gasteiger partial charge in [-0.15, -0.1) is 0 Å². The van der Waals surface area contributed by atoms with Crippen molar-refractivity contribution in [3.05, 3.63) is 39.4 Å². The van der Waals surface area contributed by atoms with Gasteiger partial charge >= 0.3 is 6.03 Å². The van der Waals surface area contributed by atoms with Crippen molar-refractivity contribution in [3.8, 4) is 0 Å². The summed E-state index contributed by atoms with van der Waals surface area (Å²) in [4.78, 5) is 27.9. The number of hydrogen-bond acceptors (Lipinski definition) is 4. The lowest BCUT2D eigenvalue weighted by Gasteiger charge is -2.12. The number of nitrogens with two attached hydrogens (primary N) is 1. The first-order valence-corrected chi connectivity index (χ1v) is 7.52. The lowest BCUT2D eigenvalue weighted by molar-refractivity contribution is 0.102. The van der Waals surface area contributed by atoms with Gasteiger partial charge in [0, 0.05) is 5.69 Å². The molecule has 124 valence electrons. The summed E-state index contributed by atoms with van der Waals surface area (Å²) in [5.74, 6) is -0.248. The normalized spacial score (nSPS) is 9.91. The molecule has 1 aromatic heterocycles. The summed E-state index contributed by atoms with van der Waals surface area (Å²) >= 11 is 1.09. The Kier molecular flexibility index (Phi) is 5.86. The largest absolute Gasteiger partial charge is 0.351 e. The van der Waals surface area contributed by atoms with E-state index in [0.717, 1.165) is 33.7 Å². The molecular formula is C16H22N4O2S. The first-order valence-electron chi connectivity index (χ1n) is 6.71. The molecular weight excluding hydrogens is 312 g/mol. The van der Waals surface area contributed by atoms with Crippen LogP contribution in [0, 0.1) is 27.7 Å². The number of carbonyl (C=O) groups excluding carboxylic acids is 2. The molecule has 7 heteroatoms. The van der Waals surface area contributed by atoms with Crippen molar-refractivity contribution >= 4 is 34.1 Å². The summed E-state index contributed by atoms with van der Waals surface area (Å²) in [7, 11) is 0. The van der Waals surface area contributed by atoms with E-state index in [4.69, 9.17) is 5.73 Å². The number of carbonyl (C=O) groups is 2. The fourth-order valence-electron chi connectivity index (χ4n) is 2.31. The zero-order valence-corrected chi connectivity index (χ0v) is 13.7. The van der Waals surface area contributed by atoms with Gasteiger partial charge in [-0.25, -0.2) is 9.78 Å². The average molecular weight is 334 g/mol. The second-order valence-corrected chi connectivity index (χ2v) is 6.15. The molecule has 0 atom stereocenters. The molecule has 3 amide bonds. The molecule has 1 heterocycles. The van der Waals surface area contributed by atoms with Crippen LogP contribution >= 0.6 is 11.3 Å². The fraction of sp³-hybridized carbons (Fsp3) is 0.312. The number of aryl methyl sites for hydroxylation is 4. The van der Waals surface area contributed by atoms with Crippen molar-refractivity contribution in [1.82, 2.24) is 4.98 Å². The molecule has 0 aliphatic carbocycles. The van der Waals surface area contributed by atoms with Gasteiger partial charge in [-0.3, -0.25) is 10.1 Å². The summed E-state index contributed by atoms with van der Waals surface area (Å²) in [5.41, 5.74) is 9.56. The number of amides is 3. The van der Waals surface area contributed by atoms with E-state index in [2.05, 4.69) is 15.6 Å². The van der Waals surface area contributed by atoms with Crippen LogP contribution in [0.15, 0.2) is 12.1 Å². The monoisotopic (exact) mass is 334 g/mol. The molecule has 0 aliphatic heterocycles. The number of benzene rings is 1. The highest BCUT2D eigenvalue weighted by Gasteiger charge is 2.17. The first kappa shape index (κ1) is 18.6. The Balaban J connectivity index is 0.00000264. The summed E-state index contributed by atoms with van der Waals surface area (Å²) < 4.78 is 0. The number of hydrogen-bond donors (Lipinski definition) is 3. The van der Waals surface area contributed by atoms with Gasteiger partial charge in [0.05, 0.1) is 5.69 Å². The number of rotatable bonds is 3. The van der Waals surface area contributed by atoms with Gasteiger partial charge in [-0.1, -0.05) is 36.5 Å². The van der Waals surface area contributed by atoms with E-state index in [-0.39, 0.29) is 13.3 Å². The molecule has 0 saturated carbocycles. The van der Waals surface area contributed by atoms with E-state index in [1.54, 1.807) is 6.92 Å². The van der Waals surface area contributed by atoms with Crippen molar-refractivity contribution < 1.29 is 9.59 Å². The highest BCUT2D eigenvalue weighted by Crippen LogP contribution is 2.26. The van der Waals surface area contributed by atoms with E-state index in [0.29, 0.717) is 15.7 Å². The Labute approximate surface area is 140 Å². The van der Waals surface area contributed by atoms with Crippen molar-refractivity contribution in [2.75, 3.05) is 10.6 Å². The third-order valence-electron chi connectivity index (χ3n) is 3.15. The summed E-state index contributed by atoms with van der Waals surface area (Å²) in [5, 5.41) is 5.61. The minimum Gasteiger partial charge on any atom is -0.351 e. The van der Waals surface area contributed by atoms with Gasteiger partial charge in [0.25, 0.3) is 5.91 Å². The summed E-state index contributed by atoms with van der Waals surface area (Å²) in [6.07, 6.45) is 0. The number of nitrogens with zero attached hydrogens (tertiary/aromatic N) is 1. The minimum atomic E-state index is -0.703. The average Bonchev–Trinajstić information content (AvgIpc) is 2.73.